The minimum absolute atomic E-state index is 0.275. The number of hydrogen-bond acceptors (Lipinski definition) is 5. The Hall–Kier alpha value is -2.13. The number of nitrogens with zero attached hydrogens (tertiary/aromatic N) is 1. The van der Waals surface area contributed by atoms with E-state index in [9.17, 15) is 18.0 Å². The van der Waals surface area contributed by atoms with E-state index in [-0.39, 0.29) is 5.91 Å². The fourth-order valence-electron chi connectivity index (χ4n) is 2.56. The molecule has 0 saturated heterocycles. The largest absolute Gasteiger partial charge is 0.481 e. The predicted octanol–water partition coefficient (Wildman–Crippen LogP) is 1.17. The number of aryl methyl sites for hydroxylation is 2. The van der Waals surface area contributed by atoms with Crippen molar-refractivity contribution in [2.75, 3.05) is 32.5 Å². The van der Waals surface area contributed by atoms with Crippen LogP contribution in [0.15, 0.2) is 12.1 Å². The third-order valence-corrected chi connectivity index (χ3v) is 5.13. The first-order valence-electron chi connectivity index (χ1n) is 8.25. The van der Waals surface area contributed by atoms with Crippen molar-refractivity contribution in [3.05, 3.63) is 28.8 Å². The maximum absolute atomic E-state index is 12.3. The summed E-state index contributed by atoms with van der Waals surface area (Å²) in [6.07, 6.45) is 1.67. The molecule has 0 heterocycles. The number of rotatable bonds is 10. The highest BCUT2D eigenvalue weighted by molar-refractivity contribution is 7.88. The standard InChI is InChI=1S/C17H26N2O6S/c1-5-19(26(4,23)24)8-6-7-18-17(22)14-9-12(2)16(13(3)10-14)25-11-15(20)21/h9-10H,5-8,11H2,1-4H3,(H,18,22)(H,20,21). The Bertz CT molecular complexity index is 738. The molecule has 0 aliphatic heterocycles. The van der Waals surface area contributed by atoms with Gasteiger partial charge in [-0.1, -0.05) is 6.92 Å². The first-order valence-corrected chi connectivity index (χ1v) is 10.1. The minimum Gasteiger partial charge on any atom is -0.481 e. The van der Waals surface area contributed by atoms with E-state index in [4.69, 9.17) is 9.84 Å². The molecule has 146 valence electrons. The fourth-order valence-corrected chi connectivity index (χ4v) is 3.49. The summed E-state index contributed by atoms with van der Waals surface area (Å²) in [6, 6.07) is 3.27. The zero-order chi connectivity index (χ0) is 19.9. The van der Waals surface area contributed by atoms with Crippen molar-refractivity contribution < 1.29 is 27.9 Å². The highest BCUT2D eigenvalue weighted by atomic mass is 32.2. The minimum atomic E-state index is -3.23. The third kappa shape index (κ3) is 6.64. The van der Waals surface area contributed by atoms with Crippen molar-refractivity contribution in [2.24, 2.45) is 0 Å². The molecule has 0 bridgehead atoms. The number of sulfonamides is 1. The van der Waals surface area contributed by atoms with Crippen molar-refractivity contribution in [1.29, 1.82) is 0 Å². The van der Waals surface area contributed by atoms with Gasteiger partial charge in [-0.2, -0.15) is 0 Å². The van der Waals surface area contributed by atoms with Gasteiger partial charge in [0.25, 0.3) is 5.91 Å². The molecule has 26 heavy (non-hydrogen) atoms. The highest BCUT2D eigenvalue weighted by Gasteiger charge is 2.15. The molecule has 0 aliphatic carbocycles. The van der Waals surface area contributed by atoms with Gasteiger partial charge in [-0.3, -0.25) is 4.79 Å². The Labute approximate surface area is 154 Å². The van der Waals surface area contributed by atoms with Gasteiger partial charge >= 0.3 is 5.97 Å². The summed E-state index contributed by atoms with van der Waals surface area (Å²) in [5.74, 6) is -0.889. The zero-order valence-corrected chi connectivity index (χ0v) is 16.4. The molecule has 1 rings (SSSR count). The molecule has 1 aromatic rings. The van der Waals surface area contributed by atoms with E-state index in [0.717, 1.165) is 6.26 Å². The van der Waals surface area contributed by atoms with Crippen molar-refractivity contribution >= 4 is 21.9 Å². The molecule has 0 atom stereocenters. The maximum atomic E-state index is 12.3. The van der Waals surface area contributed by atoms with Gasteiger partial charge in [-0.05, 0) is 43.5 Å². The summed E-state index contributed by atoms with van der Waals surface area (Å²) in [7, 11) is -3.23. The molecule has 0 radical (unpaired) electrons. The number of hydrogen-bond donors (Lipinski definition) is 2. The summed E-state index contributed by atoms with van der Waals surface area (Å²) < 4.78 is 29.6. The number of carbonyl (C=O) groups excluding carboxylic acids is 1. The molecule has 1 amide bonds. The number of carboxylic acids is 1. The van der Waals surface area contributed by atoms with Crippen molar-refractivity contribution in [3.63, 3.8) is 0 Å². The zero-order valence-electron chi connectivity index (χ0n) is 15.5. The van der Waals surface area contributed by atoms with Crippen LogP contribution >= 0.6 is 0 Å². The molecule has 0 aliphatic rings. The Morgan fingerprint density at radius 3 is 2.27 bits per heavy atom. The smallest absolute Gasteiger partial charge is 0.341 e. The normalized spacial score (nSPS) is 11.4. The van der Waals surface area contributed by atoms with E-state index in [2.05, 4.69) is 5.32 Å². The van der Waals surface area contributed by atoms with Gasteiger partial charge in [-0.25, -0.2) is 17.5 Å². The predicted molar refractivity (Wildman–Crippen MR) is 98.1 cm³/mol. The van der Waals surface area contributed by atoms with Crippen molar-refractivity contribution in [3.8, 4) is 5.75 Å². The van der Waals surface area contributed by atoms with Gasteiger partial charge in [0.1, 0.15) is 5.75 Å². The molecular weight excluding hydrogens is 360 g/mol. The Balaban J connectivity index is 2.64. The average molecular weight is 386 g/mol. The number of amides is 1. The molecule has 1 aromatic carbocycles. The number of carboxylic acid groups (broad SMARTS) is 1. The number of carbonyl (C=O) groups is 2. The lowest BCUT2D eigenvalue weighted by molar-refractivity contribution is -0.139. The van der Waals surface area contributed by atoms with Crippen LogP contribution in [0.4, 0.5) is 0 Å². The van der Waals surface area contributed by atoms with Crippen molar-refractivity contribution in [2.45, 2.75) is 27.2 Å². The van der Waals surface area contributed by atoms with Crippen LogP contribution in [0.2, 0.25) is 0 Å². The second-order valence-electron chi connectivity index (χ2n) is 5.99. The van der Waals surface area contributed by atoms with E-state index in [0.29, 0.717) is 48.5 Å². The van der Waals surface area contributed by atoms with Crippen LogP contribution < -0.4 is 10.1 Å². The summed E-state index contributed by atoms with van der Waals surface area (Å²) in [5.41, 5.74) is 1.79. The Morgan fingerprint density at radius 2 is 1.81 bits per heavy atom. The van der Waals surface area contributed by atoms with E-state index in [1.807, 2.05) is 0 Å². The number of nitrogens with one attached hydrogen (secondary N) is 1. The van der Waals surface area contributed by atoms with E-state index < -0.39 is 22.6 Å². The first-order chi connectivity index (χ1) is 12.1. The molecule has 0 saturated carbocycles. The van der Waals surface area contributed by atoms with Gasteiger partial charge in [0.05, 0.1) is 6.26 Å². The topological polar surface area (TPSA) is 113 Å². The van der Waals surface area contributed by atoms with Gasteiger partial charge < -0.3 is 15.2 Å². The Kier molecular flexibility index (Phi) is 8.04. The van der Waals surface area contributed by atoms with Crippen LogP contribution in [-0.2, 0) is 14.8 Å². The lowest BCUT2D eigenvalue weighted by atomic mass is 10.1. The lowest BCUT2D eigenvalue weighted by Gasteiger charge is -2.17. The summed E-state index contributed by atoms with van der Waals surface area (Å²) in [4.78, 5) is 22.9. The van der Waals surface area contributed by atoms with Crippen LogP contribution in [-0.4, -0.2) is 62.2 Å². The summed E-state index contributed by atoms with van der Waals surface area (Å²) in [6.45, 7) is 5.89. The van der Waals surface area contributed by atoms with Crippen LogP contribution in [0.1, 0.15) is 34.8 Å². The van der Waals surface area contributed by atoms with Crippen LogP contribution in [0.25, 0.3) is 0 Å². The molecular formula is C17H26N2O6S. The van der Waals surface area contributed by atoms with E-state index in [1.165, 1.54) is 4.31 Å². The summed E-state index contributed by atoms with van der Waals surface area (Å²) >= 11 is 0. The SMILES string of the molecule is CCN(CCCNC(=O)c1cc(C)c(OCC(=O)O)c(C)c1)S(C)(=O)=O. The monoisotopic (exact) mass is 386 g/mol. The average Bonchev–Trinajstić information content (AvgIpc) is 2.52. The number of benzene rings is 1. The molecule has 0 aromatic heterocycles. The second kappa shape index (κ2) is 9.54. The van der Waals surface area contributed by atoms with Gasteiger partial charge in [0, 0.05) is 25.2 Å². The first kappa shape index (κ1) is 21.9. The molecule has 2 N–H and O–H groups in total. The van der Waals surface area contributed by atoms with Gasteiger partial charge in [-0.15, -0.1) is 0 Å². The molecule has 9 heteroatoms. The van der Waals surface area contributed by atoms with Gasteiger partial charge in [0.15, 0.2) is 6.61 Å². The fraction of sp³-hybridized carbons (Fsp3) is 0.529. The molecule has 0 spiro atoms. The maximum Gasteiger partial charge on any atom is 0.341 e. The van der Waals surface area contributed by atoms with Crippen LogP contribution in [0.3, 0.4) is 0 Å². The van der Waals surface area contributed by atoms with Crippen LogP contribution in [0, 0.1) is 13.8 Å². The lowest BCUT2D eigenvalue weighted by Crippen LogP contribution is -2.33. The molecule has 0 unspecified atom stereocenters. The molecule has 0 fully saturated rings. The number of ether oxygens (including phenoxy) is 1. The quantitative estimate of drug-likeness (QED) is 0.584. The number of aliphatic carboxylic acids is 1. The van der Waals surface area contributed by atoms with E-state index >= 15 is 0 Å². The van der Waals surface area contributed by atoms with Crippen molar-refractivity contribution in [1.82, 2.24) is 9.62 Å². The third-order valence-electron chi connectivity index (χ3n) is 3.75. The highest BCUT2D eigenvalue weighted by Crippen LogP contribution is 2.24. The van der Waals surface area contributed by atoms with Gasteiger partial charge in [0.2, 0.25) is 10.0 Å². The summed E-state index contributed by atoms with van der Waals surface area (Å²) in [5, 5.41) is 11.5. The van der Waals surface area contributed by atoms with Crippen LogP contribution in [0.5, 0.6) is 5.75 Å². The van der Waals surface area contributed by atoms with E-state index in [1.54, 1.807) is 32.9 Å². The molecule has 8 nitrogen and oxygen atoms in total. The Morgan fingerprint density at radius 1 is 1.23 bits per heavy atom. The second-order valence-corrected chi connectivity index (χ2v) is 7.97.